The van der Waals surface area contributed by atoms with E-state index in [1.807, 2.05) is 19.1 Å². The normalized spacial score (nSPS) is 10.8. The first-order valence-electron chi connectivity index (χ1n) is 5.21. The highest BCUT2D eigenvalue weighted by atomic mass is 79.9. The molecule has 0 aliphatic carbocycles. The highest BCUT2D eigenvalue weighted by Gasteiger charge is 2.12. The van der Waals surface area contributed by atoms with Crippen LogP contribution in [-0.2, 0) is 0 Å². The first-order chi connectivity index (χ1) is 6.91. The Hall–Kier alpha value is -0.630. The largest absolute Gasteiger partial charge is 0.294 e. The van der Waals surface area contributed by atoms with Gasteiger partial charge in [0.05, 0.1) is 0 Å². The number of benzene rings is 1. The monoisotopic (exact) mass is 268 g/mol. The number of carbonyl (C=O) groups is 1. The van der Waals surface area contributed by atoms with Crippen molar-refractivity contribution >= 4 is 21.7 Å². The maximum atomic E-state index is 11.9. The van der Waals surface area contributed by atoms with Crippen LogP contribution in [0.4, 0.5) is 0 Å². The molecule has 1 rings (SSSR count). The third-order valence-electron chi connectivity index (χ3n) is 2.48. The fourth-order valence-corrected chi connectivity index (χ4v) is 2.15. The van der Waals surface area contributed by atoms with Crippen LogP contribution in [0.25, 0.3) is 0 Å². The molecule has 0 heterocycles. The van der Waals surface area contributed by atoms with Crippen molar-refractivity contribution in [1.29, 1.82) is 0 Å². The molecule has 0 aliphatic heterocycles. The Morgan fingerprint density at radius 3 is 2.33 bits per heavy atom. The SMILES string of the molecule is Cc1cc(Br)c(C(=O)CC(C)C)cc1C. The van der Waals surface area contributed by atoms with E-state index in [4.69, 9.17) is 0 Å². The maximum Gasteiger partial charge on any atom is 0.164 e. The number of hydrogen-bond donors (Lipinski definition) is 0. The Kier molecular flexibility index (Phi) is 4.09. The predicted octanol–water partition coefficient (Wildman–Crippen LogP) is 4.29. The van der Waals surface area contributed by atoms with Crippen molar-refractivity contribution in [2.75, 3.05) is 0 Å². The highest BCUT2D eigenvalue weighted by molar-refractivity contribution is 9.10. The van der Waals surface area contributed by atoms with Gasteiger partial charge >= 0.3 is 0 Å². The Morgan fingerprint density at radius 2 is 1.80 bits per heavy atom. The van der Waals surface area contributed by atoms with E-state index in [1.54, 1.807) is 0 Å². The maximum absolute atomic E-state index is 11.9. The standard InChI is InChI=1S/C13H17BrO/c1-8(2)5-13(15)11-6-9(3)10(4)7-12(11)14/h6-8H,5H2,1-4H3. The van der Waals surface area contributed by atoms with Crippen LogP contribution in [0.3, 0.4) is 0 Å². The fraction of sp³-hybridized carbons (Fsp3) is 0.462. The first-order valence-corrected chi connectivity index (χ1v) is 6.01. The smallest absolute Gasteiger partial charge is 0.164 e. The highest BCUT2D eigenvalue weighted by Crippen LogP contribution is 2.23. The molecular weight excluding hydrogens is 252 g/mol. The van der Waals surface area contributed by atoms with E-state index in [1.165, 1.54) is 11.1 Å². The molecule has 1 nitrogen and oxygen atoms in total. The molecule has 0 saturated heterocycles. The van der Waals surface area contributed by atoms with Crippen LogP contribution in [0.2, 0.25) is 0 Å². The fourth-order valence-electron chi connectivity index (χ4n) is 1.48. The van der Waals surface area contributed by atoms with Gasteiger partial charge in [-0.1, -0.05) is 29.8 Å². The molecule has 0 radical (unpaired) electrons. The molecular formula is C13H17BrO. The van der Waals surface area contributed by atoms with Gasteiger partial charge in [0.1, 0.15) is 0 Å². The third kappa shape index (κ3) is 3.16. The van der Waals surface area contributed by atoms with Crippen LogP contribution < -0.4 is 0 Å². The molecule has 0 bridgehead atoms. The summed E-state index contributed by atoms with van der Waals surface area (Å²) in [4.78, 5) is 11.9. The second-order valence-corrected chi connectivity index (χ2v) is 5.29. The van der Waals surface area contributed by atoms with Crippen LogP contribution in [0.5, 0.6) is 0 Å². The van der Waals surface area contributed by atoms with Gasteiger partial charge in [-0.3, -0.25) is 4.79 Å². The summed E-state index contributed by atoms with van der Waals surface area (Å²) >= 11 is 3.45. The number of hydrogen-bond acceptors (Lipinski definition) is 1. The molecule has 0 saturated carbocycles. The van der Waals surface area contributed by atoms with Gasteiger partial charge in [0.2, 0.25) is 0 Å². The van der Waals surface area contributed by atoms with Crippen molar-refractivity contribution in [2.45, 2.75) is 34.1 Å². The second-order valence-electron chi connectivity index (χ2n) is 4.44. The minimum Gasteiger partial charge on any atom is -0.294 e. The molecule has 0 amide bonds. The van der Waals surface area contributed by atoms with Crippen molar-refractivity contribution in [3.8, 4) is 0 Å². The van der Waals surface area contributed by atoms with Gasteiger partial charge in [0.15, 0.2) is 5.78 Å². The summed E-state index contributed by atoms with van der Waals surface area (Å²) < 4.78 is 0.913. The number of aryl methyl sites for hydroxylation is 2. The van der Waals surface area contributed by atoms with Crippen molar-refractivity contribution < 1.29 is 4.79 Å². The van der Waals surface area contributed by atoms with E-state index in [-0.39, 0.29) is 5.78 Å². The number of rotatable bonds is 3. The van der Waals surface area contributed by atoms with E-state index in [0.29, 0.717) is 12.3 Å². The number of Topliss-reactive ketones (excluding diaryl/α,β-unsaturated/α-hetero) is 1. The quantitative estimate of drug-likeness (QED) is 0.748. The topological polar surface area (TPSA) is 17.1 Å². The van der Waals surface area contributed by atoms with Crippen molar-refractivity contribution in [2.24, 2.45) is 5.92 Å². The van der Waals surface area contributed by atoms with Gasteiger partial charge < -0.3 is 0 Å². The van der Waals surface area contributed by atoms with E-state index in [0.717, 1.165) is 10.0 Å². The molecule has 0 fully saturated rings. The number of carbonyl (C=O) groups excluding carboxylic acids is 1. The molecule has 1 aromatic rings. The second kappa shape index (κ2) is 4.93. The Bertz CT molecular complexity index is 380. The molecule has 0 aromatic heterocycles. The van der Waals surface area contributed by atoms with E-state index in [2.05, 4.69) is 36.7 Å². The summed E-state index contributed by atoms with van der Waals surface area (Å²) in [6, 6.07) is 3.99. The van der Waals surface area contributed by atoms with Crippen LogP contribution in [0.15, 0.2) is 16.6 Å². The summed E-state index contributed by atoms with van der Waals surface area (Å²) in [7, 11) is 0. The Labute approximate surface area is 100 Å². The van der Waals surface area contributed by atoms with Crippen LogP contribution in [0, 0.1) is 19.8 Å². The summed E-state index contributed by atoms with van der Waals surface area (Å²) in [5, 5.41) is 0. The molecule has 0 spiro atoms. The van der Waals surface area contributed by atoms with Gasteiger partial charge in [-0.25, -0.2) is 0 Å². The molecule has 82 valence electrons. The Balaban J connectivity index is 3.04. The molecule has 2 heteroatoms. The van der Waals surface area contributed by atoms with Gasteiger partial charge in [-0.15, -0.1) is 0 Å². The molecule has 15 heavy (non-hydrogen) atoms. The lowest BCUT2D eigenvalue weighted by molar-refractivity contribution is 0.0967. The number of halogens is 1. The van der Waals surface area contributed by atoms with Crippen molar-refractivity contribution in [1.82, 2.24) is 0 Å². The van der Waals surface area contributed by atoms with Gasteiger partial charge in [0.25, 0.3) is 0 Å². The number of ketones is 1. The molecule has 0 aliphatic rings. The first kappa shape index (κ1) is 12.4. The summed E-state index contributed by atoms with van der Waals surface area (Å²) in [5.41, 5.74) is 3.19. The third-order valence-corrected chi connectivity index (χ3v) is 3.13. The molecule has 0 atom stereocenters. The van der Waals surface area contributed by atoms with Crippen molar-refractivity contribution in [3.05, 3.63) is 33.3 Å². The van der Waals surface area contributed by atoms with Gasteiger partial charge in [0, 0.05) is 16.5 Å². The average Bonchev–Trinajstić information content (AvgIpc) is 2.09. The zero-order chi connectivity index (χ0) is 11.6. The van der Waals surface area contributed by atoms with E-state index < -0.39 is 0 Å². The lowest BCUT2D eigenvalue weighted by Gasteiger charge is -2.09. The lowest BCUT2D eigenvalue weighted by Crippen LogP contribution is -2.05. The minimum absolute atomic E-state index is 0.222. The summed E-state index contributed by atoms with van der Waals surface area (Å²) in [6.45, 7) is 8.21. The van der Waals surface area contributed by atoms with Crippen LogP contribution in [-0.4, -0.2) is 5.78 Å². The van der Waals surface area contributed by atoms with Gasteiger partial charge in [-0.05, 0) is 43.0 Å². The summed E-state index contributed by atoms with van der Waals surface area (Å²) in [5.74, 6) is 0.631. The van der Waals surface area contributed by atoms with Crippen LogP contribution >= 0.6 is 15.9 Å². The summed E-state index contributed by atoms with van der Waals surface area (Å²) in [6.07, 6.45) is 0.612. The Morgan fingerprint density at radius 1 is 1.27 bits per heavy atom. The van der Waals surface area contributed by atoms with Crippen molar-refractivity contribution in [3.63, 3.8) is 0 Å². The van der Waals surface area contributed by atoms with E-state index >= 15 is 0 Å². The zero-order valence-corrected chi connectivity index (χ0v) is 11.3. The van der Waals surface area contributed by atoms with Gasteiger partial charge in [-0.2, -0.15) is 0 Å². The molecule has 1 aromatic carbocycles. The average molecular weight is 269 g/mol. The molecule has 0 N–H and O–H groups in total. The molecule has 0 unspecified atom stereocenters. The zero-order valence-electron chi connectivity index (χ0n) is 9.73. The van der Waals surface area contributed by atoms with Crippen LogP contribution in [0.1, 0.15) is 41.8 Å². The minimum atomic E-state index is 0.222. The lowest BCUT2D eigenvalue weighted by atomic mass is 9.98. The predicted molar refractivity (Wildman–Crippen MR) is 67.4 cm³/mol. The van der Waals surface area contributed by atoms with E-state index in [9.17, 15) is 4.79 Å².